The van der Waals surface area contributed by atoms with E-state index in [2.05, 4.69) is 4.74 Å². The van der Waals surface area contributed by atoms with Crippen LogP contribution in [0.3, 0.4) is 0 Å². The molecule has 0 aliphatic rings. The van der Waals surface area contributed by atoms with E-state index in [0.29, 0.717) is 0 Å². The molecule has 0 heterocycles. The first-order valence-corrected chi connectivity index (χ1v) is 6.91. The number of hydrogen-bond acceptors (Lipinski definition) is 9. The molecule has 0 aromatic rings. The molecule has 2 unspecified atom stereocenters. The Hall–Kier alpha value is -2.16. The van der Waals surface area contributed by atoms with Crippen molar-refractivity contribution in [1.82, 2.24) is 0 Å². The van der Waals surface area contributed by atoms with Crippen LogP contribution in [0.15, 0.2) is 0 Å². The van der Waals surface area contributed by atoms with Crippen LogP contribution in [-0.2, 0) is 42.9 Å². The Kier molecular flexibility index (Phi) is 10.3. The van der Waals surface area contributed by atoms with E-state index in [4.69, 9.17) is 18.9 Å². The second-order valence-electron chi connectivity index (χ2n) is 4.51. The largest absolute Gasteiger partial charge is 0.463 e. The van der Waals surface area contributed by atoms with Crippen molar-refractivity contribution >= 4 is 23.9 Å². The van der Waals surface area contributed by atoms with E-state index in [0.717, 1.165) is 0 Å². The van der Waals surface area contributed by atoms with Gasteiger partial charge in [0.05, 0.1) is 13.2 Å². The maximum atomic E-state index is 11.2. The Bertz CT molecular complexity index is 418. The van der Waals surface area contributed by atoms with E-state index in [1.54, 1.807) is 0 Å². The average Bonchev–Trinajstić information content (AvgIpc) is 2.40. The fourth-order valence-electron chi connectivity index (χ4n) is 1.50. The summed E-state index contributed by atoms with van der Waals surface area (Å²) in [6, 6.07) is 0. The van der Waals surface area contributed by atoms with E-state index in [1.165, 1.54) is 27.7 Å². The topological polar surface area (TPSA) is 114 Å². The molecule has 0 radical (unpaired) electrons. The van der Waals surface area contributed by atoms with Gasteiger partial charge in [0.15, 0.2) is 12.2 Å². The van der Waals surface area contributed by atoms with Crippen molar-refractivity contribution in [1.29, 1.82) is 0 Å². The van der Waals surface area contributed by atoms with Crippen LogP contribution in [0.2, 0.25) is 0 Å². The molecule has 0 rings (SSSR count). The van der Waals surface area contributed by atoms with E-state index in [-0.39, 0.29) is 26.4 Å². The highest BCUT2D eigenvalue weighted by Gasteiger charge is 2.28. The highest BCUT2D eigenvalue weighted by atomic mass is 16.6. The van der Waals surface area contributed by atoms with Gasteiger partial charge in [-0.15, -0.1) is 0 Å². The number of esters is 4. The minimum Gasteiger partial charge on any atom is -0.463 e. The molecule has 0 aromatic heterocycles. The van der Waals surface area contributed by atoms with Crippen LogP contribution in [0.4, 0.5) is 0 Å². The highest BCUT2D eigenvalue weighted by Crippen LogP contribution is 2.08. The standard InChI is InChI=1S/C14H22O9/c1-9(15)20-6-5-19-7-13(22-11(3)17)14(23-12(4)18)8-21-10(2)16/h13-14H,5-8H2,1-4H3. The maximum Gasteiger partial charge on any atom is 0.303 e. The van der Waals surface area contributed by atoms with Crippen molar-refractivity contribution in [3.8, 4) is 0 Å². The molecule has 0 spiro atoms. The Morgan fingerprint density at radius 3 is 1.57 bits per heavy atom. The molecule has 0 saturated carbocycles. The molecule has 0 aliphatic heterocycles. The zero-order valence-corrected chi connectivity index (χ0v) is 13.7. The Labute approximate surface area is 134 Å². The normalized spacial score (nSPS) is 12.7. The van der Waals surface area contributed by atoms with Crippen LogP contribution in [-0.4, -0.2) is 62.5 Å². The molecule has 0 saturated heterocycles. The Morgan fingerprint density at radius 2 is 1.13 bits per heavy atom. The second kappa shape index (κ2) is 11.4. The van der Waals surface area contributed by atoms with Gasteiger partial charge >= 0.3 is 23.9 Å². The maximum absolute atomic E-state index is 11.2. The number of carbonyl (C=O) groups is 4. The predicted molar refractivity (Wildman–Crippen MR) is 75.2 cm³/mol. The summed E-state index contributed by atoms with van der Waals surface area (Å²) in [5.74, 6) is -2.25. The summed E-state index contributed by atoms with van der Waals surface area (Å²) >= 11 is 0. The van der Waals surface area contributed by atoms with Crippen LogP contribution in [0.25, 0.3) is 0 Å². The third-order valence-corrected chi connectivity index (χ3v) is 2.32. The van der Waals surface area contributed by atoms with Gasteiger partial charge in [-0.1, -0.05) is 0 Å². The minimum absolute atomic E-state index is 0.0320. The number of rotatable bonds is 10. The third-order valence-electron chi connectivity index (χ3n) is 2.32. The fourth-order valence-corrected chi connectivity index (χ4v) is 1.50. The lowest BCUT2D eigenvalue weighted by molar-refractivity contribution is -0.178. The average molecular weight is 334 g/mol. The minimum atomic E-state index is -1.01. The molecule has 0 bridgehead atoms. The first kappa shape index (κ1) is 20.8. The van der Waals surface area contributed by atoms with Crippen molar-refractivity contribution in [2.45, 2.75) is 39.9 Å². The number of hydrogen-bond donors (Lipinski definition) is 0. The molecule has 9 nitrogen and oxygen atoms in total. The summed E-state index contributed by atoms with van der Waals surface area (Å²) in [5.41, 5.74) is 0. The molecule has 132 valence electrons. The van der Waals surface area contributed by atoms with Crippen LogP contribution >= 0.6 is 0 Å². The highest BCUT2D eigenvalue weighted by molar-refractivity contribution is 5.68. The van der Waals surface area contributed by atoms with E-state index >= 15 is 0 Å². The molecule has 0 amide bonds. The predicted octanol–water partition coefficient (Wildman–Crippen LogP) is -0.00740. The van der Waals surface area contributed by atoms with Crippen LogP contribution in [0.5, 0.6) is 0 Å². The Balaban J connectivity index is 4.62. The SMILES string of the molecule is CC(=O)OCCOCC(OC(C)=O)C(COC(C)=O)OC(C)=O. The summed E-state index contributed by atoms with van der Waals surface area (Å²) in [4.78, 5) is 43.8. The fraction of sp³-hybridized carbons (Fsp3) is 0.714. The lowest BCUT2D eigenvalue weighted by Gasteiger charge is -2.25. The quantitative estimate of drug-likeness (QED) is 0.309. The zero-order chi connectivity index (χ0) is 17.8. The van der Waals surface area contributed by atoms with E-state index in [1.807, 2.05) is 0 Å². The van der Waals surface area contributed by atoms with Gasteiger partial charge in [0.1, 0.15) is 13.2 Å². The molecule has 2 atom stereocenters. The van der Waals surface area contributed by atoms with Gasteiger partial charge in [-0.05, 0) is 0 Å². The summed E-state index contributed by atoms with van der Waals surface area (Å²) in [6.45, 7) is 4.51. The van der Waals surface area contributed by atoms with Gasteiger partial charge in [-0.25, -0.2) is 0 Å². The van der Waals surface area contributed by atoms with Crippen LogP contribution in [0.1, 0.15) is 27.7 Å². The smallest absolute Gasteiger partial charge is 0.303 e. The molecular formula is C14H22O9. The van der Waals surface area contributed by atoms with Gasteiger partial charge in [0, 0.05) is 27.7 Å². The van der Waals surface area contributed by atoms with Gasteiger partial charge < -0.3 is 23.7 Å². The van der Waals surface area contributed by atoms with E-state index in [9.17, 15) is 19.2 Å². The Morgan fingerprint density at radius 1 is 0.652 bits per heavy atom. The first-order valence-electron chi connectivity index (χ1n) is 6.91. The third kappa shape index (κ3) is 12.1. The van der Waals surface area contributed by atoms with Gasteiger partial charge in [0.25, 0.3) is 0 Å². The molecule has 9 heteroatoms. The molecular weight excluding hydrogens is 312 g/mol. The van der Waals surface area contributed by atoms with Crippen molar-refractivity contribution in [3.63, 3.8) is 0 Å². The lowest BCUT2D eigenvalue weighted by atomic mass is 10.2. The molecule has 0 aromatic carbocycles. The summed E-state index contributed by atoms with van der Waals surface area (Å²) in [6.07, 6.45) is -1.97. The summed E-state index contributed by atoms with van der Waals surface area (Å²) in [7, 11) is 0. The number of ether oxygens (including phenoxy) is 5. The first-order chi connectivity index (χ1) is 10.7. The van der Waals surface area contributed by atoms with E-state index < -0.39 is 36.1 Å². The zero-order valence-electron chi connectivity index (χ0n) is 13.7. The van der Waals surface area contributed by atoms with Crippen molar-refractivity contribution in [2.24, 2.45) is 0 Å². The van der Waals surface area contributed by atoms with Crippen molar-refractivity contribution in [2.75, 3.05) is 26.4 Å². The second-order valence-corrected chi connectivity index (χ2v) is 4.51. The summed E-state index contributed by atoms with van der Waals surface area (Å²) < 4.78 is 24.7. The summed E-state index contributed by atoms with van der Waals surface area (Å²) in [5, 5.41) is 0. The van der Waals surface area contributed by atoms with Crippen LogP contribution in [0, 0.1) is 0 Å². The van der Waals surface area contributed by atoms with Crippen LogP contribution < -0.4 is 0 Å². The van der Waals surface area contributed by atoms with Gasteiger partial charge in [-0.3, -0.25) is 19.2 Å². The molecule has 0 N–H and O–H groups in total. The number of carbonyl (C=O) groups excluding carboxylic acids is 4. The molecule has 23 heavy (non-hydrogen) atoms. The van der Waals surface area contributed by atoms with Gasteiger partial charge in [-0.2, -0.15) is 0 Å². The molecule has 0 fully saturated rings. The molecule has 0 aliphatic carbocycles. The lowest BCUT2D eigenvalue weighted by Crippen LogP contribution is -2.41. The monoisotopic (exact) mass is 334 g/mol. The van der Waals surface area contributed by atoms with Crippen molar-refractivity contribution < 1.29 is 42.9 Å². The van der Waals surface area contributed by atoms with Gasteiger partial charge in [0.2, 0.25) is 0 Å². The van der Waals surface area contributed by atoms with Crippen molar-refractivity contribution in [3.05, 3.63) is 0 Å².